The molecule has 2 amide bonds. The number of carbonyl (C=O) groups excluding carboxylic acids is 2. The minimum atomic E-state index is -0.632. The number of thiol groups is 1. The van der Waals surface area contributed by atoms with Crippen molar-refractivity contribution in [1.82, 2.24) is 10.2 Å². The average molecular weight is 243 g/mol. The highest BCUT2D eigenvalue weighted by molar-refractivity contribution is 7.80. The van der Waals surface area contributed by atoms with Crippen LogP contribution in [0.5, 0.6) is 0 Å². The molecule has 0 heterocycles. The smallest absolute Gasteiger partial charge is 0.246 e. The molecule has 2 unspecified atom stereocenters. The Morgan fingerprint density at radius 1 is 1.56 bits per heavy atom. The number of likely N-dealkylation sites (N-methyl/N-ethyl adjacent to an activating group) is 1. The van der Waals surface area contributed by atoms with Gasteiger partial charge in [-0.2, -0.15) is 17.9 Å². The van der Waals surface area contributed by atoms with E-state index in [9.17, 15) is 9.59 Å². The van der Waals surface area contributed by atoms with Crippen LogP contribution in [0.25, 0.3) is 0 Å². The second-order valence-electron chi connectivity index (χ2n) is 3.60. The summed E-state index contributed by atoms with van der Waals surface area (Å²) in [5.74, 6) is -0.260. The molecule has 6 heteroatoms. The first-order valence-electron chi connectivity index (χ1n) is 4.95. The molecule has 0 spiro atoms. The second-order valence-corrected chi connectivity index (χ2v) is 3.96. The fourth-order valence-corrected chi connectivity index (χ4v) is 1.41. The summed E-state index contributed by atoms with van der Waals surface area (Å²) in [5.41, 5.74) is 0. The van der Waals surface area contributed by atoms with Crippen LogP contribution >= 0.6 is 12.6 Å². The quantitative estimate of drug-likeness (QED) is 0.677. The Morgan fingerprint density at radius 3 is 2.50 bits per heavy atom. The molecule has 16 heavy (non-hydrogen) atoms. The molecule has 0 aromatic carbocycles. The lowest BCUT2D eigenvalue weighted by molar-refractivity contribution is -0.135. The van der Waals surface area contributed by atoms with Crippen LogP contribution in [0, 0.1) is 11.3 Å². The topological polar surface area (TPSA) is 73.2 Å². The number of nitrogens with one attached hydrogen (secondary N) is 1. The molecule has 2 atom stereocenters. The van der Waals surface area contributed by atoms with E-state index in [1.807, 2.05) is 6.07 Å². The fourth-order valence-electron chi connectivity index (χ4n) is 1.16. The van der Waals surface area contributed by atoms with Crippen molar-refractivity contribution in [2.45, 2.75) is 32.4 Å². The van der Waals surface area contributed by atoms with Gasteiger partial charge in [0.05, 0.1) is 12.5 Å². The molecular weight excluding hydrogens is 226 g/mol. The number of carbonyl (C=O) groups is 2. The molecule has 0 aliphatic heterocycles. The molecule has 0 rings (SSSR count). The molecular formula is C10H17N3O2S. The van der Waals surface area contributed by atoms with Crippen molar-refractivity contribution in [3.8, 4) is 6.07 Å². The largest absolute Gasteiger partial charge is 0.344 e. The highest BCUT2D eigenvalue weighted by Crippen LogP contribution is 2.04. The van der Waals surface area contributed by atoms with Crippen LogP contribution in [0.2, 0.25) is 0 Å². The van der Waals surface area contributed by atoms with E-state index in [4.69, 9.17) is 5.26 Å². The molecule has 0 fully saturated rings. The summed E-state index contributed by atoms with van der Waals surface area (Å²) >= 11 is 4.02. The number of hydrogen-bond donors (Lipinski definition) is 2. The number of nitriles is 1. The van der Waals surface area contributed by atoms with Crippen LogP contribution < -0.4 is 5.32 Å². The maximum absolute atomic E-state index is 11.9. The Balaban J connectivity index is 4.50. The van der Waals surface area contributed by atoms with Gasteiger partial charge in [-0.1, -0.05) is 0 Å². The Bertz CT molecular complexity index is 301. The highest BCUT2D eigenvalue weighted by Gasteiger charge is 2.24. The zero-order valence-electron chi connectivity index (χ0n) is 9.73. The van der Waals surface area contributed by atoms with Gasteiger partial charge in [-0.15, -0.1) is 0 Å². The summed E-state index contributed by atoms with van der Waals surface area (Å²) in [7, 11) is 1.61. The molecule has 0 aliphatic rings. The van der Waals surface area contributed by atoms with Gasteiger partial charge in [-0.25, -0.2) is 0 Å². The summed E-state index contributed by atoms with van der Waals surface area (Å²) in [5, 5.41) is 11.1. The minimum Gasteiger partial charge on any atom is -0.344 e. The Labute approximate surface area is 101 Å². The van der Waals surface area contributed by atoms with Crippen molar-refractivity contribution >= 4 is 24.4 Å². The van der Waals surface area contributed by atoms with Crippen molar-refractivity contribution in [3.63, 3.8) is 0 Å². The summed E-state index contributed by atoms with van der Waals surface area (Å²) in [6.45, 7) is 3.13. The Kier molecular flexibility index (Phi) is 6.58. The van der Waals surface area contributed by atoms with Crippen molar-refractivity contribution in [3.05, 3.63) is 0 Å². The lowest BCUT2D eigenvalue weighted by Gasteiger charge is -2.27. The van der Waals surface area contributed by atoms with E-state index >= 15 is 0 Å². The zero-order valence-corrected chi connectivity index (χ0v) is 10.6. The Morgan fingerprint density at radius 2 is 2.12 bits per heavy atom. The summed E-state index contributed by atoms with van der Waals surface area (Å²) in [6, 6.07) is 1.20. The molecule has 0 saturated heterocycles. The lowest BCUT2D eigenvalue weighted by Crippen LogP contribution is -2.50. The van der Waals surface area contributed by atoms with Crippen molar-refractivity contribution in [2.24, 2.45) is 0 Å². The molecule has 0 saturated carbocycles. The van der Waals surface area contributed by atoms with Gasteiger partial charge in [0.15, 0.2) is 0 Å². The van der Waals surface area contributed by atoms with Crippen LogP contribution in [0.15, 0.2) is 0 Å². The van der Waals surface area contributed by atoms with Gasteiger partial charge >= 0.3 is 0 Å². The first-order valence-corrected chi connectivity index (χ1v) is 5.58. The maximum atomic E-state index is 11.9. The molecule has 1 N–H and O–H groups in total. The monoisotopic (exact) mass is 243 g/mol. The van der Waals surface area contributed by atoms with E-state index in [0.717, 1.165) is 0 Å². The number of amides is 2. The first-order chi connectivity index (χ1) is 7.43. The third kappa shape index (κ3) is 4.53. The molecule has 0 radical (unpaired) electrons. The second kappa shape index (κ2) is 7.12. The van der Waals surface area contributed by atoms with Gasteiger partial charge < -0.3 is 10.2 Å². The fraction of sp³-hybridized carbons (Fsp3) is 0.700. The highest BCUT2D eigenvalue weighted by atomic mass is 32.1. The van der Waals surface area contributed by atoms with Gasteiger partial charge in [0.25, 0.3) is 0 Å². The lowest BCUT2D eigenvalue weighted by atomic mass is 10.2. The van der Waals surface area contributed by atoms with Crippen LogP contribution in [-0.4, -0.2) is 41.6 Å². The average Bonchev–Trinajstić information content (AvgIpc) is 2.23. The van der Waals surface area contributed by atoms with Crippen LogP contribution in [0.1, 0.15) is 20.3 Å². The van der Waals surface area contributed by atoms with Gasteiger partial charge in [-0.05, 0) is 6.92 Å². The molecule has 0 aliphatic carbocycles. The van der Waals surface area contributed by atoms with E-state index in [-0.39, 0.29) is 30.0 Å². The van der Waals surface area contributed by atoms with E-state index in [0.29, 0.717) is 0 Å². The number of hydrogen-bond acceptors (Lipinski definition) is 4. The predicted molar refractivity (Wildman–Crippen MR) is 63.9 cm³/mol. The summed E-state index contributed by atoms with van der Waals surface area (Å²) in [4.78, 5) is 24.2. The van der Waals surface area contributed by atoms with Crippen LogP contribution in [-0.2, 0) is 9.59 Å². The zero-order chi connectivity index (χ0) is 12.7. The summed E-state index contributed by atoms with van der Waals surface area (Å²) < 4.78 is 0. The minimum absolute atomic E-state index is 0.173. The van der Waals surface area contributed by atoms with Gasteiger partial charge in [0.1, 0.15) is 6.04 Å². The maximum Gasteiger partial charge on any atom is 0.246 e. The molecule has 90 valence electrons. The standard InChI is InChI=1S/C10H17N3O2S/c1-7(4-5-11)13(3)10(15)9(6-16)12-8(2)14/h7,9,16H,4,6H2,1-3H3,(H,12,14). The van der Waals surface area contributed by atoms with Gasteiger partial charge in [-0.3, -0.25) is 9.59 Å². The SMILES string of the molecule is CC(=O)NC(CS)C(=O)N(C)C(C)CC#N. The van der Waals surface area contributed by atoms with E-state index in [1.54, 1.807) is 14.0 Å². The van der Waals surface area contributed by atoms with Crippen molar-refractivity contribution in [2.75, 3.05) is 12.8 Å². The number of nitrogens with zero attached hydrogens (tertiary/aromatic N) is 2. The van der Waals surface area contributed by atoms with Gasteiger partial charge in [0.2, 0.25) is 11.8 Å². The van der Waals surface area contributed by atoms with E-state index < -0.39 is 6.04 Å². The molecule has 0 bridgehead atoms. The predicted octanol–water partition coefficient (Wildman–Crippen LogP) is 0.181. The number of rotatable bonds is 5. The van der Waals surface area contributed by atoms with E-state index in [2.05, 4.69) is 17.9 Å². The van der Waals surface area contributed by atoms with Gasteiger partial charge in [0, 0.05) is 25.8 Å². The van der Waals surface area contributed by atoms with Crippen molar-refractivity contribution in [1.29, 1.82) is 5.26 Å². The molecule has 5 nitrogen and oxygen atoms in total. The van der Waals surface area contributed by atoms with Crippen LogP contribution in [0.4, 0.5) is 0 Å². The van der Waals surface area contributed by atoms with Crippen molar-refractivity contribution < 1.29 is 9.59 Å². The van der Waals surface area contributed by atoms with E-state index in [1.165, 1.54) is 11.8 Å². The first kappa shape index (κ1) is 14.8. The third-order valence-corrected chi connectivity index (χ3v) is 2.62. The van der Waals surface area contributed by atoms with Crippen LogP contribution in [0.3, 0.4) is 0 Å². The molecule has 0 aromatic heterocycles. The Hall–Kier alpha value is -1.22. The molecule has 0 aromatic rings. The summed E-state index contributed by atoms with van der Waals surface area (Å²) in [6.07, 6.45) is 0.265. The normalized spacial score (nSPS) is 13.4. The third-order valence-electron chi connectivity index (χ3n) is 2.25.